The highest BCUT2D eigenvalue weighted by molar-refractivity contribution is 7.99. The molecule has 0 fully saturated rings. The van der Waals surface area contributed by atoms with Crippen LogP contribution in [0.5, 0.6) is 5.75 Å². The lowest BCUT2D eigenvalue weighted by Crippen LogP contribution is -2.08. The van der Waals surface area contributed by atoms with Gasteiger partial charge in [-0.05, 0) is 36.6 Å². The molecule has 5 heteroatoms. The molecule has 4 nitrogen and oxygen atoms in total. The van der Waals surface area contributed by atoms with Gasteiger partial charge in [-0.25, -0.2) is 4.98 Å². The molecule has 0 unspecified atom stereocenters. The van der Waals surface area contributed by atoms with E-state index in [1.54, 1.807) is 0 Å². The molecule has 1 N–H and O–H groups in total. The molecule has 0 spiro atoms. The first-order valence-electron chi connectivity index (χ1n) is 8.86. The van der Waals surface area contributed by atoms with E-state index in [2.05, 4.69) is 34.3 Å². The highest BCUT2D eigenvalue weighted by atomic mass is 32.2. The van der Waals surface area contributed by atoms with Crippen molar-refractivity contribution in [2.75, 3.05) is 12.4 Å². The third-order valence-electron chi connectivity index (χ3n) is 3.79. The fraction of sp³-hybridized carbons (Fsp3) is 0.182. The smallest absolute Gasteiger partial charge is 0.251 e. The number of hydrogen-bond donors (Lipinski definition) is 1. The molecule has 138 valence electrons. The summed E-state index contributed by atoms with van der Waals surface area (Å²) in [6.07, 6.45) is 5.06. The molecule has 0 aliphatic carbocycles. The van der Waals surface area contributed by atoms with E-state index in [-0.39, 0.29) is 5.56 Å². The molecular weight excluding hydrogens is 356 g/mol. The summed E-state index contributed by atoms with van der Waals surface area (Å²) < 4.78 is 5.78. The summed E-state index contributed by atoms with van der Waals surface area (Å²) in [6.45, 7) is 2.45. The zero-order chi connectivity index (χ0) is 18.9. The third kappa shape index (κ3) is 6.46. The van der Waals surface area contributed by atoms with Gasteiger partial charge in [-0.2, -0.15) is 0 Å². The minimum Gasteiger partial charge on any atom is -0.494 e. The van der Waals surface area contributed by atoms with Crippen molar-refractivity contribution in [1.29, 1.82) is 0 Å². The summed E-state index contributed by atoms with van der Waals surface area (Å²) in [5, 5.41) is 0.662. The van der Waals surface area contributed by atoms with Crippen LogP contribution in [-0.2, 0) is 0 Å². The number of aromatic nitrogens is 2. The molecule has 0 aliphatic heterocycles. The van der Waals surface area contributed by atoms with Crippen molar-refractivity contribution < 1.29 is 4.74 Å². The van der Waals surface area contributed by atoms with E-state index in [4.69, 9.17) is 4.74 Å². The van der Waals surface area contributed by atoms with Crippen LogP contribution in [0, 0.1) is 6.92 Å². The standard InChI is InChI=1S/C22H22N2O2S/c1-17-16-21(25)24-22(23-17)27-15-5-14-26-20-12-10-19(11-13-20)9-8-18-6-3-2-4-7-18/h2-4,6-13,16H,5,14-15H2,1H3,(H,23,24,25)/b9-8+. The van der Waals surface area contributed by atoms with E-state index in [1.165, 1.54) is 23.4 Å². The molecule has 0 saturated carbocycles. The number of rotatable bonds is 8. The first kappa shape index (κ1) is 19.0. The largest absolute Gasteiger partial charge is 0.494 e. The second-order valence-corrected chi connectivity index (χ2v) is 7.14. The van der Waals surface area contributed by atoms with Crippen molar-refractivity contribution in [2.45, 2.75) is 18.5 Å². The highest BCUT2D eigenvalue weighted by Crippen LogP contribution is 2.16. The summed E-state index contributed by atoms with van der Waals surface area (Å²) in [7, 11) is 0. The molecule has 0 radical (unpaired) electrons. The van der Waals surface area contributed by atoms with Crippen LogP contribution in [0.1, 0.15) is 23.2 Å². The number of nitrogens with zero attached hydrogens (tertiary/aromatic N) is 1. The van der Waals surface area contributed by atoms with Gasteiger partial charge in [0, 0.05) is 17.5 Å². The van der Waals surface area contributed by atoms with Gasteiger partial charge >= 0.3 is 0 Å². The maximum Gasteiger partial charge on any atom is 0.251 e. The van der Waals surface area contributed by atoms with E-state index in [9.17, 15) is 4.79 Å². The van der Waals surface area contributed by atoms with Gasteiger partial charge in [-0.1, -0.05) is 66.4 Å². The minimum absolute atomic E-state index is 0.109. The van der Waals surface area contributed by atoms with Crippen LogP contribution in [0.3, 0.4) is 0 Å². The average molecular weight is 378 g/mol. The Morgan fingerprint density at radius 3 is 2.44 bits per heavy atom. The zero-order valence-electron chi connectivity index (χ0n) is 15.2. The molecule has 0 amide bonds. The Hall–Kier alpha value is -2.79. The third-order valence-corrected chi connectivity index (χ3v) is 4.75. The summed E-state index contributed by atoms with van der Waals surface area (Å²) in [5.41, 5.74) is 2.94. The fourth-order valence-corrected chi connectivity index (χ4v) is 3.31. The lowest BCUT2D eigenvalue weighted by Gasteiger charge is -2.06. The van der Waals surface area contributed by atoms with Crippen molar-refractivity contribution in [3.8, 4) is 5.75 Å². The summed E-state index contributed by atoms with van der Waals surface area (Å²) in [5.74, 6) is 1.70. The second kappa shape index (κ2) is 9.78. The summed E-state index contributed by atoms with van der Waals surface area (Å²) in [6, 6.07) is 19.8. The minimum atomic E-state index is -0.109. The Balaban J connectivity index is 1.41. The van der Waals surface area contributed by atoms with Gasteiger partial charge in [-0.3, -0.25) is 4.79 Å². The van der Waals surface area contributed by atoms with E-state index >= 15 is 0 Å². The molecule has 0 bridgehead atoms. The first-order valence-corrected chi connectivity index (χ1v) is 9.84. The number of nitrogens with one attached hydrogen (secondary N) is 1. The number of benzene rings is 2. The monoisotopic (exact) mass is 378 g/mol. The Bertz CT molecular complexity index is 935. The number of aromatic amines is 1. The molecule has 0 saturated heterocycles. The van der Waals surface area contributed by atoms with E-state index < -0.39 is 0 Å². The molecule has 0 aliphatic rings. The number of hydrogen-bond acceptors (Lipinski definition) is 4. The molecule has 0 atom stereocenters. The first-order chi connectivity index (χ1) is 13.2. The molecule has 1 heterocycles. The van der Waals surface area contributed by atoms with Crippen LogP contribution < -0.4 is 10.3 Å². The Kier molecular flexibility index (Phi) is 6.88. The Morgan fingerprint density at radius 1 is 1.04 bits per heavy atom. The van der Waals surface area contributed by atoms with Crippen LogP contribution in [0.4, 0.5) is 0 Å². The number of thioether (sulfide) groups is 1. The molecule has 1 aromatic heterocycles. The highest BCUT2D eigenvalue weighted by Gasteiger charge is 2.00. The van der Waals surface area contributed by atoms with Gasteiger partial charge in [0.15, 0.2) is 5.16 Å². The van der Waals surface area contributed by atoms with Gasteiger partial charge in [0.05, 0.1) is 6.61 Å². The van der Waals surface area contributed by atoms with E-state index in [0.29, 0.717) is 11.8 Å². The molecular formula is C22H22N2O2S. The average Bonchev–Trinajstić information content (AvgIpc) is 2.67. The van der Waals surface area contributed by atoms with Crippen molar-refractivity contribution in [2.24, 2.45) is 0 Å². The van der Waals surface area contributed by atoms with Crippen LogP contribution >= 0.6 is 11.8 Å². The predicted octanol–water partition coefficient (Wildman–Crippen LogP) is 4.81. The number of H-pyrrole nitrogens is 1. The number of aryl methyl sites for hydroxylation is 1. The number of ether oxygens (including phenoxy) is 1. The van der Waals surface area contributed by atoms with Crippen molar-refractivity contribution in [3.05, 3.63) is 87.8 Å². The van der Waals surface area contributed by atoms with Crippen molar-refractivity contribution in [3.63, 3.8) is 0 Å². The van der Waals surface area contributed by atoms with E-state index in [1.807, 2.05) is 49.4 Å². The Morgan fingerprint density at radius 2 is 1.74 bits per heavy atom. The fourth-order valence-electron chi connectivity index (χ4n) is 2.47. The molecule has 2 aromatic carbocycles. The van der Waals surface area contributed by atoms with Crippen LogP contribution in [0.25, 0.3) is 12.2 Å². The second-order valence-electron chi connectivity index (χ2n) is 6.06. The zero-order valence-corrected chi connectivity index (χ0v) is 16.0. The normalized spacial score (nSPS) is 11.0. The van der Waals surface area contributed by atoms with Crippen LogP contribution in [0.2, 0.25) is 0 Å². The predicted molar refractivity (Wildman–Crippen MR) is 112 cm³/mol. The summed E-state index contributed by atoms with van der Waals surface area (Å²) in [4.78, 5) is 18.4. The lowest BCUT2D eigenvalue weighted by molar-refractivity contribution is 0.318. The van der Waals surface area contributed by atoms with Crippen molar-refractivity contribution >= 4 is 23.9 Å². The van der Waals surface area contributed by atoms with Gasteiger partial charge < -0.3 is 9.72 Å². The topological polar surface area (TPSA) is 55.0 Å². The van der Waals surface area contributed by atoms with Crippen LogP contribution in [-0.4, -0.2) is 22.3 Å². The Labute approximate surface area is 163 Å². The van der Waals surface area contributed by atoms with Gasteiger partial charge in [0.1, 0.15) is 5.75 Å². The van der Waals surface area contributed by atoms with Gasteiger partial charge in [0.2, 0.25) is 0 Å². The SMILES string of the molecule is Cc1cc(=O)[nH]c(SCCCOc2ccc(/C=C/c3ccccc3)cc2)n1. The maximum atomic E-state index is 11.4. The summed E-state index contributed by atoms with van der Waals surface area (Å²) >= 11 is 1.54. The quantitative estimate of drug-likeness (QED) is 0.264. The molecule has 3 aromatic rings. The van der Waals surface area contributed by atoms with Gasteiger partial charge in [0.25, 0.3) is 5.56 Å². The van der Waals surface area contributed by atoms with E-state index in [0.717, 1.165) is 29.2 Å². The van der Waals surface area contributed by atoms with Gasteiger partial charge in [-0.15, -0.1) is 0 Å². The molecule has 3 rings (SSSR count). The maximum absolute atomic E-state index is 11.4. The molecule has 27 heavy (non-hydrogen) atoms. The van der Waals surface area contributed by atoms with Crippen LogP contribution in [0.15, 0.2) is 70.6 Å². The lowest BCUT2D eigenvalue weighted by atomic mass is 10.1. The van der Waals surface area contributed by atoms with Crippen molar-refractivity contribution in [1.82, 2.24) is 9.97 Å².